The highest BCUT2D eigenvalue weighted by Gasteiger charge is 2.38. The third-order valence-corrected chi connectivity index (χ3v) is 3.59. The number of halogens is 1. The molecular weight excluding hydrogens is 228 g/mol. The molecule has 2 fully saturated rings. The summed E-state index contributed by atoms with van der Waals surface area (Å²) in [6.07, 6.45) is 4.61. The quantitative estimate of drug-likeness (QED) is 0.747. The number of hydrogen-bond donors (Lipinski definition) is 1. The van der Waals surface area contributed by atoms with Gasteiger partial charge in [0.25, 0.3) is 0 Å². The summed E-state index contributed by atoms with van der Waals surface area (Å²) < 4.78 is 5.56. The van der Waals surface area contributed by atoms with Crippen LogP contribution in [0.1, 0.15) is 25.7 Å². The molecule has 0 aliphatic carbocycles. The van der Waals surface area contributed by atoms with Gasteiger partial charge in [0.15, 0.2) is 0 Å². The van der Waals surface area contributed by atoms with Crippen molar-refractivity contribution < 1.29 is 9.53 Å². The molecule has 2 heterocycles. The summed E-state index contributed by atoms with van der Waals surface area (Å²) in [5.41, 5.74) is 5.64. The van der Waals surface area contributed by atoms with E-state index >= 15 is 0 Å². The first-order valence-corrected chi connectivity index (χ1v) is 5.81. The van der Waals surface area contributed by atoms with Crippen molar-refractivity contribution in [2.75, 3.05) is 32.8 Å². The Labute approximate surface area is 103 Å². The molecule has 1 atom stereocenters. The Morgan fingerprint density at radius 1 is 1.38 bits per heavy atom. The van der Waals surface area contributed by atoms with Crippen molar-refractivity contribution in [1.82, 2.24) is 4.90 Å². The number of ether oxygens (including phenoxy) is 1. The molecule has 0 bridgehead atoms. The van der Waals surface area contributed by atoms with Crippen molar-refractivity contribution in [3.63, 3.8) is 0 Å². The number of carbonyl (C=O) groups excluding carboxylic acids is 1. The molecular formula is C11H21ClN2O2. The maximum atomic E-state index is 11.6. The Bertz CT molecular complexity index is 237. The third kappa shape index (κ3) is 2.87. The van der Waals surface area contributed by atoms with Gasteiger partial charge in [0.1, 0.15) is 0 Å². The van der Waals surface area contributed by atoms with E-state index in [4.69, 9.17) is 10.5 Å². The number of nitrogens with two attached hydrogens (primary N) is 1. The SMILES string of the molecule is Cl.NCC(=O)N1CCCC2(CCCOC2)C1. The number of rotatable bonds is 1. The normalized spacial score (nSPS) is 29.9. The Morgan fingerprint density at radius 2 is 2.12 bits per heavy atom. The molecule has 2 aliphatic rings. The van der Waals surface area contributed by atoms with E-state index < -0.39 is 0 Å². The molecule has 2 saturated heterocycles. The highest BCUT2D eigenvalue weighted by Crippen LogP contribution is 2.37. The van der Waals surface area contributed by atoms with E-state index in [1.807, 2.05) is 4.90 Å². The lowest BCUT2D eigenvalue weighted by Gasteiger charge is -2.44. The lowest BCUT2D eigenvalue weighted by Crippen LogP contribution is -2.51. The summed E-state index contributed by atoms with van der Waals surface area (Å²) >= 11 is 0. The molecule has 2 aliphatic heterocycles. The van der Waals surface area contributed by atoms with E-state index in [1.54, 1.807) is 0 Å². The zero-order valence-electron chi connectivity index (χ0n) is 9.61. The first kappa shape index (κ1) is 13.7. The molecule has 5 heteroatoms. The first-order valence-electron chi connectivity index (χ1n) is 5.81. The fraction of sp³-hybridized carbons (Fsp3) is 0.909. The standard InChI is InChI=1S/C11H20N2O2.ClH/c12-7-10(14)13-5-1-3-11(8-13)4-2-6-15-9-11;/h1-9,12H2;1H. The van der Waals surface area contributed by atoms with Crippen LogP contribution in [0.15, 0.2) is 0 Å². The topological polar surface area (TPSA) is 55.6 Å². The molecule has 0 aromatic carbocycles. The number of piperidine rings is 1. The van der Waals surface area contributed by atoms with Gasteiger partial charge in [-0.05, 0) is 25.7 Å². The van der Waals surface area contributed by atoms with Crippen molar-refractivity contribution in [1.29, 1.82) is 0 Å². The second kappa shape index (κ2) is 5.84. The second-order valence-corrected chi connectivity index (χ2v) is 4.78. The highest BCUT2D eigenvalue weighted by molar-refractivity contribution is 5.85. The molecule has 4 nitrogen and oxygen atoms in total. The predicted octanol–water partition coefficient (Wildman–Crippen LogP) is 0.786. The first-order chi connectivity index (χ1) is 7.26. The second-order valence-electron chi connectivity index (χ2n) is 4.78. The molecule has 16 heavy (non-hydrogen) atoms. The fourth-order valence-electron chi connectivity index (χ4n) is 2.78. The number of carbonyl (C=O) groups is 1. The number of amides is 1. The lowest BCUT2D eigenvalue weighted by molar-refractivity contribution is -0.136. The minimum absolute atomic E-state index is 0. The minimum atomic E-state index is 0. The highest BCUT2D eigenvalue weighted by atomic mass is 35.5. The maximum Gasteiger partial charge on any atom is 0.236 e. The van der Waals surface area contributed by atoms with Gasteiger partial charge in [-0.15, -0.1) is 12.4 Å². The molecule has 0 aromatic heterocycles. The van der Waals surface area contributed by atoms with Gasteiger partial charge in [-0.1, -0.05) is 0 Å². The average molecular weight is 249 g/mol. The fourth-order valence-corrected chi connectivity index (χ4v) is 2.78. The number of nitrogens with zero attached hydrogens (tertiary/aromatic N) is 1. The van der Waals surface area contributed by atoms with Gasteiger partial charge in [0, 0.05) is 25.1 Å². The van der Waals surface area contributed by atoms with E-state index in [9.17, 15) is 4.79 Å². The van der Waals surface area contributed by atoms with Crippen LogP contribution in [0.5, 0.6) is 0 Å². The van der Waals surface area contributed by atoms with Crippen molar-refractivity contribution in [2.24, 2.45) is 11.1 Å². The summed E-state index contributed by atoms with van der Waals surface area (Å²) in [7, 11) is 0. The van der Waals surface area contributed by atoms with E-state index in [-0.39, 0.29) is 30.3 Å². The maximum absolute atomic E-state index is 11.6. The van der Waals surface area contributed by atoms with Crippen molar-refractivity contribution in [3.8, 4) is 0 Å². The predicted molar refractivity (Wildman–Crippen MR) is 64.6 cm³/mol. The molecule has 1 unspecified atom stereocenters. The summed E-state index contributed by atoms with van der Waals surface area (Å²) in [6.45, 7) is 3.56. The Morgan fingerprint density at radius 3 is 2.75 bits per heavy atom. The van der Waals surface area contributed by atoms with E-state index in [1.165, 1.54) is 12.8 Å². The van der Waals surface area contributed by atoms with Gasteiger partial charge < -0.3 is 15.4 Å². The number of hydrogen-bond acceptors (Lipinski definition) is 3. The largest absolute Gasteiger partial charge is 0.381 e. The summed E-state index contributed by atoms with van der Waals surface area (Å²) in [5.74, 6) is 0.0830. The monoisotopic (exact) mass is 248 g/mol. The van der Waals surface area contributed by atoms with Gasteiger partial charge in [0.2, 0.25) is 5.91 Å². The van der Waals surface area contributed by atoms with E-state index in [0.717, 1.165) is 39.1 Å². The van der Waals surface area contributed by atoms with Crippen molar-refractivity contribution in [2.45, 2.75) is 25.7 Å². The summed E-state index contributed by atoms with van der Waals surface area (Å²) in [6, 6.07) is 0. The summed E-state index contributed by atoms with van der Waals surface area (Å²) in [5, 5.41) is 0. The number of likely N-dealkylation sites (tertiary alicyclic amines) is 1. The van der Waals surface area contributed by atoms with Crippen LogP contribution in [0.25, 0.3) is 0 Å². The van der Waals surface area contributed by atoms with Crippen LogP contribution in [0, 0.1) is 5.41 Å². The molecule has 0 aromatic rings. The minimum Gasteiger partial charge on any atom is -0.381 e. The van der Waals surface area contributed by atoms with Crippen LogP contribution in [0.2, 0.25) is 0 Å². The molecule has 1 spiro atoms. The Balaban J connectivity index is 0.00000128. The van der Waals surface area contributed by atoms with Crippen molar-refractivity contribution in [3.05, 3.63) is 0 Å². The van der Waals surface area contributed by atoms with Crippen LogP contribution in [-0.2, 0) is 9.53 Å². The smallest absolute Gasteiger partial charge is 0.236 e. The summed E-state index contributed by atoms with van der Waals surface area (Å²) in [4.78, 5) is 13.5. The zero-order chi connectivity index (χ0) is 10.7. The van der Waals surface area contributed by atoms with Gasteiger partial charge in [-0.25, -0.2) is 0 Å². The molecule has 0 saturated carbocycles. The van der Waals surface area contributed by atoms with Gasteiger partial charge >= 0.3 is 0 Å². The van der Waals surface area contributed by atoms with Crippen LogP contribution in [0.3, 0.4) is 0 Å². The Kier molecular flexibility index (Phi) is 5.02. The Hall–Kier alpha value is -0.320. The lowest BCUT2D eigenvalue weighted by atomic mass is 9.76. The van der Waals surface area contributed by atoms with Crippen LogP contribution < -0.4 is 5.73 Å². The van der Waals surface area contributed by atoms with Crippen molar-refractivity contribution >= 4 is 18.3 Å². The van der Waals surface area contributed by atoms with Gasteiger partial charge in [0.05, 0.1) is 13.2 Å². The van der Waals surface area contributed by atoms with Crippen LogP contribution >= 0.6 is 12.4 Å². The molecule has 2 rings (SSSR count). The van der Waals surface area contributed by atoms with Gasteiger partial charge in [-0.3, -0.25) is 4.79 Å². The molecule has 2 N–H and O–H groups in total. The van der Waals surface area contributed by atoms with E-state index in [2.05, 4.69) is 0 Å². The molecule has 94 valence electrons. The third-order valence-electron chi connectivity index (χ3n) is 3.59. The molecule has 1 amide bonds. The average Bonchev–Trinajstić information content (AvgIpc) is 2.29. The van der Waals surface area contributed by atoms with E-state index in [0.29, 0.717) is 0 Å². The van der Waals surface area contributed by atoms with Gasteiger partial charge in [-0.2, -0.15) is 0 Å². The molecule has 0 radical (unpaired) electrons. The van der Waals surface area contributed by atoms with Crippen LogP contribution in [-0.4, -0.2) is 43.7 Å². The van der Waals surface area contributed by atoms with Crippen LogP contribution in [0.4, 0.5) is 0 Å². The zero-order valence-corrected chi connectivity index (χ0v) is 10.4.